The maximum absolute atomic E-state index is 12.2. The van der Waals surface area contributed by atoms with Crippen molar-refractivity contribution in [1.82, 2.24) is 0 Å². The summed E-state index contributed by atoms with van der Waals surface area (Å²) < 4.78 is 28.4. The van der Waals surface area contributed by atoms with E-state index in [9.17, 15) is 22.8 Å². The number of carboxylic acid groups (broad SMARTS) is 2. The molecule has 0 saturated carbocycles. The SMILES string of the molecule is CS(=O)(=O)c1ccccc1C(=O)Oc1ccc(C(=O)O)c(C(=O)O)c1. The van der Waals surface area contributed by atoms with Crippen molar-refractivity contribution in [2.45, 2.75) is 4.90 Å². The highest BCUT2D eigenvalue weighted by molar-refractivity contribution is 7.90. The Morgan fingerprint density at radius 1 is 0.880 bits per heavy atom. The molecule has 2 N–H and O–H groups in total. The number of carbonyl (C=O) groups excluding carboxylic acids is 1. The summed E-state index contributed by atoms with van der Waals surface area (Å²) in [6.07, 6.45) is 0.934. The minimum atomic E-state index is -3.68. The van der Waals surface area contributed by atoms with Crippen LogP contribution in [0.4, 0.5) is 0 Å². The van der Waals surface area contributed by atoms with Gasteiger partial charge in [-0.15, -0.1) is 0 Å². The van der Waals surface area contributed by atoms with Gasteiger partial charge in [-0.1, -0.05) is 12.1 Å². The van der Waals surface area contributed by atoms with E-state index in [1.54, 1.807) is 0 Å². The summed E-state index contributed by atoms with van der Waals surface area (Å²) in [4.78, 5) is 34.1. The van der Waals surface area contributed by atoms with Crippen LogP contribution in [0.1, 0.15) is 31.1 Å². The lowest BCUT2D eigenvalue weighted by molar-refractivity contribution is 0.0649. The summed E-state index contributed by atoms with van der Waals surface area (Å²) in [5, 5.41) is 18.0. The molecule has 0 aliphatic heterocycles. The molecule has 0 aliphatic carbocycles. The Bertz CT molecular complexity index is 975. The zero-order chi connectivity index (χ0) is 18.8. The van der Waals surface area contributed by atoms with Crippen LogP contribution in [0.15, 0.2) is 47.4 Å². The predicted molar refractivity (Wildman–Crippen MR) is 84.9 cm³/mol. The Balaban J connectivity index is 2.42. The Morgan fingerprint density at radius 2 is 1.48 bits per heavy atom. The second-order valence-corrected chi connectivity index (χ2v) is 6.96. The van der Waals surface area contributed by atoms with Gasteiger partial charge >= 0.3 is 17.9 Å². The van der Waals surface area contributed by atoms with Crippen molar-refractivity contribution in [2.24, 2.45) is 0 Å². The highest BCUT2D eigenvalue weighted by Crippen LogP contribution is 2.22. The van der Waals surface area contributed by atoms with Gasteiger partial charge in [0.15, 0.2) is 9.84 Å². The van der Waals surface area contributed by atoms with Crippen LogP contribution < -0.4 is 4.74 Å². The molecule has 0 aliphatic rings. The quantitative estimate of drug-likeness (QED) is 0.604. The molecule has 0 aromatic heterocycles. The molecule has 0 fully saturated rings. The molecule has 0 amide bonds. The van der Waals surface area contributed by atoms with Crippen LogP contribution in [0.2, 0.25) is 0 Å². The average molecular weight is 364 g/mol. The van der Waals surface area contributed by atoms with Crippen molar-refractivity contribution in [2.75, 3.05) is 6.26 Å². The van der Waals surface area contributed by atoms with Crippen LogP contribution in [0.5, 0.6) is 5.75 Å². The van der Waals surface area contributed by atoms with E-state index in [2.05, 4.69) is 0 Å². The number of carbonyl (C=O) groups is 3. The number of ether oxygens (including phenoxy) is 1. The minimum Gasteiger partial charge on any atom is -0.478 e. The number of esters is 1. The summed E-state index contributed by atoms with van der Waals surface area (Å²) >= 11 is 0. The Kier molecular flexibility index (Phi) is 4.89. The van der Waals surface area contributed by atoms with Crippen LogP contribution in [0, 0.1) is 0 Å². The van der Waals surface area contributed by atoms with Gasteiger partial charge in [0.05, 0.1) is 21.6 Å². The van der Waals surface area contributed by atoms with E-state index in [1.807, 2.05) is 0 Å². The molecule has 0 saturated heterocycles. The van der Waals surface area contributed by atoms with Gasteiger partial charge < -0.3 is 14.9 Å². The number of sulfone groups is 1. The monoisotopic (exact) mass is 364 g/mol. The van der Waals surface area contributed by atoms with Crippen LogP contribution in [0.3, 0.4) is 0 Å². The fraction of sp³-hybridized carbons (Fsp3) is 0.0625. The molecular formula is C16H12O8S. The third kappa shape index (κ3) is 4.01. The molecule has 25 heavy (non-hydrogen) atoms. The van der Waals surface area contributed by atoms with Crippen LogP contribution in [-0.4, -0.2) is 42.8 Å². The minimum absolute atomic E-state index is 0.218. The molecule has 8 nitrogen and oxygen atoms in total. The lowest BCUT2D eigenvalue weighted by atomic mass is 10.1. The predicted octanol–water partition coefficient (Wildman–Crippen LogP) is 1.71. The summed E-state index contributed by atoms with van der Waals surface area (Å²) in [6.45, 7) is 0. The van der Waals surface area contributed by atoms with Gasteiger partial charge in [0, 0.05) is 6.26 Å². The smallest absolute Gasteiger partial charge is 0.344 e. The van der Waals surface area contributed by atoms with Crippen molar-refractivity contribution in [3.63, 3.8) is 0 Å². The van der Waals surface area contributed by atoms with E-state index in [0.29, 0.717) is 0 Å². The van der Waals surface area contributed by atoms with Crippen molar-refractivity contribution in [1.29, 1.82) is 0 Å². The fourth-order valence-corrected chi connectivity index (χ4v) is 2.95. The summed E-state index contributed by atoms with van der Waals surface area (Å²) in [5.74, 6) is -4.19. The molecule has 0 radical (unpaired) electrons. The van der Waals surface area contributed by atoms with E-state index >= 15 is 0 Å². The number of hydrogen-bond acceptors (Lipinski definition) is 6. The lowest BCUT2D eigenvalue weighted by Crippen LogP contribution is -2.14. The lowest BCUT2D eigenvalue weighted by Gasteiger charge is -2.09. The first kappa shape index (κ1) is 18.1. The molecular weight excluding hydrogens is 352 g/mol. The average Bonchev–Trinajstić information content (AvgIpc) is 2.53. The van der Waals surface area contributed by atoms with Crippen molar-refractivity contribution in [3.8, 4) is 5.75 Å². The van der Waals surface area contributed by atoms with Gasteiger partial charge in [-0.3, -0.25) is 0 Å². The zero-order valence-electron chi connectivity index (χ0n) is 12.8. The third-order valence-electron chi connectivity index (χ3n) is 3.17. The number of aromatic carboxylic acids is 2. The van der Waals surface area contributed by atoms with Crippen molar-refractivity contribution < 1.29 is 37.8 Å². The molecule has 130 valence electrons. The first-order chi connectivity index (χ1) is 11.6. The largest absolute Gasteiger partial charge is 0.478 e. The Hall–Kier alpha value is -3.20. The Morgan fingerprint density at radius 3 is 2.04 bits per heavy atom. The Labute approximate surface area is 142 Å². The van der Waals surface area contributed by atoms with Crippen molar-refractivity contribution >= 4 is 27.7 Å². The molecule has 0 spiro atoms. The van der Waals surface area contributed by atoms with Crippen molar-refractivity contribution in [3.05, 3.63) is 59.2 Å². The molecule has 9 heteroatoms. The molecule has 0 unspecified atom stereocenters. The second kappa shape index (κ2) is 6.73. The van der Waals surface area contributed by atoms with Gasteiger partial charge in [-0.2, -0.15) is 0 Å². The molecule has 2 aromatic rings. The zero-order valence-corrected chi connectivity index (χ0v) is 13.6. The molecule has 0 atom stereocenters. The summed E-state index contributed by atoms with van der Waals surface area (Å²) in [6, 6.07) is 8.35. The van der Waals surface area contributed by atoms with E-state index in [-0.39, 0.29) is 16.2 Å². The van der Waals surface area contributed by atoms with Crippen LogP contribution in [0.25, 0.3) is 0 Å². The van der Waals surface area contributed by atoms with Crippen LogP contribution >= 0.6 is 0 Å². The first-order valence-corrected chi connectivity index (χ1v) is 8.62. The van der Waals surface area contributed by atoms with Gasteiger partial charge in [0.25, 0.3) is 0 Å². The molecule has 2 aromatic carbocycles. The van der Waals surface area contributed by atoms with E-state index in [0.717, 1.165) is 24.5 Å². The topological polar surface area (TPSA) is 135 Å². The number of carboxylic acids is 2. The number of benzene rings is 2. The molecule has 0 heterocycles. The van der Waals surface area contributed by atoms with E-state index in [4.69, 9.17) is 14.9 Å². The maximum atomic E-state index is 12.2. The van der Waals surface area contributed by atoms with Gasteiger partial charge in [0.1, 0.15) is 5.75 Å². The van der Waals surface area contributed by atoms with E-state index < -0.39 is 38.9 Å². The number of rotatable bonds is 5. The number of hydrogen-bond donors (Lipinski definition) is 2. The normalized spacial score (nSPS) is 10.9. The summed E-state index contributed by atoms with van der Waals surface area (Å²) in [5.41, 5.74) is -1.25. The molecule has 0 bridgehead atoms. The van der Waals surface area contributed by atoms with Gasteiger partial charge in [-0.25, -0.2) is 22.8 Å². The highest BCUT2D eigenvalue weighted by Gasteiger charge is 2.22. The fourth-order valence-electron chi connectivity index (χ4n) is 2.07. The van der Waals surface area contributed by atoms with Gasteiger partial charge in [0.2, 0.25) is 0 Å². The van der Waals surface area contributed by atoms with E-state index in [1.165, 1.54) is 24.3 Å². The third-order valence-corrected chi connectivity index (χ3v) is 4.32. The standard InChI is InChI=1S/C16H12O8S/c1-25(22,23)13-5-3-2-4-11(13)16(21)24-9-6-7-10(14(17)18)12(8-9)15(19)20/h2-8H,1H3,(H,17,18)(H,19,20). The van der Waals surface area contributed by atoms with Crippen LogP contribution in [-0.2, 0) is 9.84 Å². The summed E-state index contributed by atoms with van der Waals surface area (Å²) in [7, 11) is -3.68. The second-order valence-electron chi connectivity index (χ2n) is 4.98. The highest BCUT2D eigenvalue weighted by atomic mass is 32.2. The first-order valence-electron chi connectivity index (χ1n) is 6.73. The van der Waals surface area contributed by atoms with Gasteiger partial charge in [-0.05, 0) is 30.3 Å². The molecule has 2 rings (SSSR count). The maximum Gasteiger partial charge on any atom is 0.344 e.